The molecule has 0 aliphatic heterocycles. The molecule has 0 aliphatic rings. The molecule has 0 fully saturated rings. The Hall–Kier alpha value is -1.87. The molecule has 0 amide bonds. The standard InChI is InChI=1S/C14H16O3/c1-4-10-17-13(11(2)14(15)16-3)12-8-6-5-7-9-12/h4-9,13H,1-2,10H2,3H3. The van der Waals surface area contributed by atoms with E-state index in [-0.39, 0.29) is 5.57 Å². The Bertz CT molecular complexity index is 395. The van der Waals surface area contributed by atoms with E-state index in [2.05, 4.69) is 17.9 Å². The first kappa shape index (κ1) is 13.2. The molecular formula is C14H16O3. The zero-order valence-electron chi connectivity index (χ0n) is 9.89. The number of methoxy groups -OCH3 is 1. The lowest BCUT2D eigenvalue weighted by Gasteiger charge is -2.18. The lowest BCUT2D eigenvalue weighted by atomic mass is 10.0. The maximum Gasteiger partial charge on any atom is 0.336 e. The van der Waals surface area contributed by atoms with Crippen molar-refractivity contribution in [1.29, 1.82) is 0 Å². The minimum Gasteiger partial charge on any atom is -0.466 e. The van der Waals surface area contributed by atoms with E-state index < -0.39 is 12.1 Å². The number of esters is 1. The fraction of sp³-hybridized carbons (Fsp3) is 0.214. The van der Waals surface area contributed by atoms with Crippen LogP contribution in [0.1, 0.15) is 11.7 Å². The summed E-state index contributed by atoms with van der Waals surface area (Å²) in [5.74, 6) is -0.470. The van der Waals surface area contributed by atoms with Crippen LogP contribution in [0.15, 0.2) is 55.1 Å². The van der Waals surface area contributed by atoms with Crippen molar-refractivity contribution in [2.45, 2.75) is 6.10 Å². The number of ether oxygens (including phenoxy) is 2. The second-order valence-electron chi connectivity index (χ2n) is 3.43. The van der Waals surface area contributed by atoms with Gasteiger partial charge in [-0.3, -0.25) is 0 Å². The molecule has 1 aromatic rings. The van der Waals surface area contributed by atoms with Crippen LogP contribution in [0.2, 0.25) is 0 Å². The van der Waals surface area contributed by atoms with Crippen molar-refractivity contribution >= 4 is 5.97 Å². The number of rotatable bonds is 6. The Kier molecular flexibility index (Phi) is 5.17. The highest BCUT2D eigenvalue weighted by Gasteiger charge is 2.21. The van der Waals surface area contributed by atoms with Gasteiger partial charge in [-0.2, -0.15) is 0 Å². The lowest BCUT2D eigenvalue weighted by molar-refractivity contribution is -0.137. The molecule has 0 N–H and O–H groups in total. The summed E-state index contributed by atoms with van der Waals surface area (Å²) in [5, 5.41) is 0. The molecule has 3 nitrogen and oxygen atoms in total. The highest BCUT2D eigenvalue weighted by atomic mass is 16.5. The van der Waals surface area contributed by atoms with E-state index in [9.17, 15) is 4.79 Å². The monoisotopic (exact) mass is 232 g/mol. The average Bonchev–Trinajstić information content (AvgIpc) is 2.39. The number of hydrogen-bond acceptors (Lipinski definition) is 3. The van der Waals surface area contributed by atoms with Crippen LogP contribution in [-0.2, 0) is 14.3 Å². The first-order valence-electron chi connectivity index (χ1n) is 5.25. The summed E-state index contributed by atoms with van der Waals surface area (Å²) in [6.07, 6.45) is 1.13. The Labute approximate surface area is 101 Å². The van der Waals surface area contributed by atoms with Gasteiger partial charge in [0.15, 0.2) is 0 Å². The van der Waals surface area contributed by atoms with Gasteiger partial charge in [-0.05, 0) is 5.56 Å². The SMILES string of the molecule is C=CCOC(C(=C)C(=O)OC)c1ccccc1. The van der Waals surface area contributed by atoms with Crippen molar-refractivity contribution in [1.82, 2.24) is 0 Å². The molecule has 17 heavy (non-hydrogen) atoms. The van der Waals surface area contributed by atoms with E-state index in [0.717, 1.165) is 5.56 Å². The van der Waals surface area contributed by atoms with E-state index in [1.165, 1.54) is 7.11 Å². The highest BCUT2D eigenvalue weighted by molar-refractivity contribution is 5.89. The third-order valence-corrected chi connectivity index (χ3v) is 2.25. The summed E-state index contributed by atoms with van der Waals surface area (Å²) in [7, 11) is 1.32. The van der Waals surface area contributed by atoms with Gasteiger partial charge in [-0.1, -0.05) is 43.0 Å². The second kappa shape index (κ2) is 6.66. The molecule has 1 atom stereocenters. The molecule has 0 radical (unpaired) electrons. The lowest BCUT2D eigenvalue weighted by Crippen LogP contribution is -2.15. The van der Waals surface area contributed by atoms with Crippen LogP contribution in [0.4, 0.5) is 0 Å². The highest BCUT2D eigenvalue weighted by Crippen LogP contribution is 2.25. The van der Waals surface area contributed by atoms with Gasteiger partial charge in [0.1, 0.15) is 6.10 Å². The molecule has 90 valence electrons. The minimum atomic E-state index is -0.498. The number of hydrogen-bond donors (Lipinski definition) is 0. The van der Waals surface area contributed by atoms with Crippen LogP contribution >= 0.6 is 0 Å². The normalized spacial score (nSPS) is 11.6. The molecule has 0 heterocycles. The fourth-order valence-corrected chi connectivity index (χ4v) is 1.43. The molecule has 0 saturated heterocycles. The van der Waals surface area contributed by atoms with Crippen molar-refractivity contribution in [2.75, 3.05) is 13.7 Å². The molecule has 1 rings (SSSR count). The topological polar surface area (TPSA) is 35.5 Å². The van der Waals surface area contributed by atoms with Gasteiger partial charge in [-0.15, -0.1) is 6.58 Å². The quantitative estimate of drug-likeness (QED) is 0.429. The summed E-state index contributed by atoms with van der Waals surface area (Å²) in [4.78, 5) is 11.5. The van der Waals surface area contributed by atoms with Crippen LogP contribution in [0.3, 0.4) is 0 Å². The molecule has 0 aromatic heterocycles. The minimum absolute atomic E-state index is 0.278. The van der Waals surface area contributed by atoms with Gasteiger partial charge in [0.25, 0.3) is 0 Å². The zero-order valence-corrected chi connectivity index (χ0v) is 9.89. The molecule has 3 heteroatoms. The van der Waals surface area contributed by atoms with Crippen molar-refractivity contribution in [3.63, 3.8) is 0 Å². The zero-order chi connectivity index (χ0) is 12.7. The maximum atomic E-state index is 11.5. The van der Waals surface area contributed by atoms with Gasteiger partial charge < -0.3 is 9.47 Å². The first-order chi connectivity index (χ1) is 8.20. The smallest absolute Gasteiger partial charge is 0.336 e. The van der Waals surface area contributed by atoms with E-state index in [4.69, 9.17) is 4.74 Å². The van der Waals surface area contributed by atoms with Gasteiger partial charge in [0.05, 0.1) is 19.3 Å². The van der Waals surface area contributed by atoms with Crippen molar-refractivity contribution in [3.05, 3.63) is 60.7 Å². The predicted octanol–water partition coefficient (Wildman–Crippen LogP) is 2.66. The van der Waals surface area contributed by atoms with Crippen LogP contribution in [-0.4, -0.2) is 19.7 Å². The van der Waals surface area contributed by atoms with E-state index >= 15 is 0 Å². The second-order valence-corrected chi connectivity index (χ2v) is 3.43. The molecular weight excluding hydrogens is 216 g/mol. The van der Waals surface area contributed by atoms with E-state index in [1.54, 1.807) is 6.08 Å². The van der Waals surface area contributed by atoms with Crippen LogP contribution in [0, 0.1) is 0 Å². The predicted molar refractivity (Wildman–Crippen MR) is 66.5 cm³/mol. The van der Waals surface area contributed by atoms with Gasteiger partial charge in [0.2, 0.25) is 0 Å². The Morgan fingerprint density at radius 2 is 2.06 bits per heavy atom. The largest absolute Gasteiger partial charge is 0.466 e. The maximum absolute atomic E-state index is 11.5. The number of benzene rings is 1. The molecule has 1 aromatic carbocycles. The van der Waals surface area contributed by atoms with Crippen molar-refractivity contribution in [3.8, 4) is 0 Å². The first-order valence-corrected chi connectivity index (χ1v) is 5.25. The van der Waals surface area contributed by atoms with Crippen LogP contribution in [0.25, 0.3) is 0 Å². The molecule has 0 bridgehead atoms. The Balaban J connectivity index is 2.91. The summed E-state index contributed by atoms with van der Waals surface area (Å²) in [5.41, 5.74) is 1.14. The summed E-state index contributed by atoms with van der Waals surface area (Å²) in [6.45, 7) is 7.64. The summed E-state index contributed by atoms with van der Waals surface area (Å²) >= 11 is 0. The van der Waals surface area contributed by atoms with E-state index in [1.807, 2.05) is 30.3 Å². The number of carbonyl (C=O) groups excluding carboxylic acids is 1. The third kappa shape index (κ3) is 3.57. The van der Waals surface area contributed by atoms with Crippen molar-refractivity contribution in [2.24, 2.45) is 0 Å². The Morgan fingerprint density at radius 1 is 1.41 bits per heavy atom. The van der Waals surface area contributed by atoms with Gasteiger partial charge >= 0.3 is 5.97 Å². The average molecular weight is 232 g/mol. The summed E-state index contributed by atoms with van der Waals surface area (Å²) < 4.78 is 10.2. The van der Waals surface area contributed by atoms with Crippen molar-refractivity contribution < 1.29 is 14.3 Å². The summed E-state index contributed by atoms with van der Waals surface area (Å²) in [6, 6.07) is 9.41. The van der Waals surface area contributed by atoms with Gasteiger partial charge in [0, 0.05) is 0 Å². The molecule has 0 saturated carbocycles. The van der Waals surface area contributed by atoms with E-state index in [0.29, 0.717) is 6.61 Å². The van der Waals surface area contributed by atoms with Crippen LogP contribution in [0.5, 0.6) is 0 Å². The molecule has 0 spiro atoms. The molecule has 1 unspecified atom stereocenters. The molecule has 0 aliphatic carbocycles. The number of carbonyl (C=O) groups is 1. The third-order valence-electron chi connectivity index (χ3n) is 2.25. The Morgan fingerprint density at radius 3 is 2.59 bits per heavy atom. The van der Waals surface area contributed by atoms with Gasteiger partial charge in [-0.25, -0.2) is 4.79 Å². The fourth-order valence-electron chi connectivity index (χ4n) is 1.43. The van der Waals surface area contributed by atoms with Crippen LogP contribution < -0.4 is 0 Å².